The van der Waals surface area contributed by atoms with Gasteiger partial charge >= 0.3 is 0 Å². The lowest BCUT2D eigenvalue weighted by atomic mass is 10.1. The van der Waals surface area contributed by atoms with Crippen LogP contribution in [0.2, 0.25) is 5.02 Å². The first-order chi connectivity index (χ1) is 17.4. The Morgan fingerprint density at radius 2 is 2.00 bits per heavy atom. The topological polar surface area (TPSA) is 105 Å². The number of aromatic nitrogens is 3. The maximum Gasteiger partial charge on any atom is 0.295 e. The molecule has 1 aliphatic carbocycles. The van der Waals surface area contributed by atoms with Gasteiger partial charge in [-0.25, -0.2) is 4.98 Å². The number of carbonyl (C=O) groups excluding carboxylic acids is 1. The lowest BCUT2D eigenvalue weighted by Gasteiger charge is -2.32. The first-order valence-electron chi connectivity index (χ1n) is 12.2. The number of nitrogens with zero attached hydrogens (tertiary/aromatic N) is 5. The van der Waals surface area contributed by atoms with Crippen molar-refractivity contribution in [2.75, 3.05) is 48.8 Å². The van der Waals surface area contributed by atoms with Crippen molar-refractivity contribution in [3.8, 4) is 5.75 Å². The molecule has 1 aromatic carbocycles. The van der Waals surface area contributed by atoms with Crippen LogP contribution in [-0.2, 0) is 11.8 Å². The molecule has 2 aromatic heterocycles. The van der Waals surface area contributed by atoms with Crippen molar-refractivity contribution in [2.24, 2.45) is 13.0 Å². The van der Waals surface area contributed by atoms with E-state index in [1.165, 1.54) is 12.8 Å². The van der Waals surface area contributed by atoms with Gasteiger partial charge in [-0.2, -0.15) is 4.98 Å². The monoisotopic (exact) mass is 509 g/mol. The molecule has 3 aliphatic rings. The number of nitrogens with one attached hydrogen (secondary N) is 2. The van der Waals surface area contributed by atoms with Gasteiger partial charge < -0.3 is 29.7 Å². The van der Waals surface area contributed by atoms with Gasteiger partial charge in [-0.05, 0) is 37.0 Å². The number of likely N-dealkylation sites (N-methyl/N-ethyl adjacent to an activating group) is 1. The van der Waals surface area contributed by atoms with Crippen LogP contribution in [0.5, 0.6) is 5.75 Å². The van der Waals surface area contributed by atoms with Crippen molar-refractivity contribution in [2.45, 2.75) is 25.3 Å². The highest BCUT2D eigenvalue weighted by atomic mass is 35.5. The predicted molar refractivity (Wildman–Crippen MR) is 140 cm³/mol. The number of halogens is 1. The summed E-state index contributed by atoms with van der Waals surface area (Å²) in [6, 6.07) is 6.08. The van der Waals surface area contributed by atoms with Gasteiger partial charge in [0.05, 0.1) is 30.6 Å². The number of piperazine rings is 1. The normalized spacial score (nSPS) is 20.0. The summed E-state index contributed by atoms with van der Waals surface area (Å²) < 4.78 is 7.58. The number of pyridine rings is 1. The van der Waals surface area contributed by atoms with Gasteiger partial charge in [0.2, 0.25) is 17.6 Å². The maximum absolute atomic E-state index is 13.0. The molecule has 1 saturated carbocycles. The molecule has 36 heavy (non-hydrogen) atoms. The summed E-state index contributed by atoms with van der Waals surface area (Å²) in [4.78, 5) is 37.7. The van der Waals surface area contributed by atoms with E-state index >= 15 is 0 Å². The van der Waals surface area contributed by atoms with E-state index in [0.717, 1.165) is 28.7 Å². The minimum Gasteiger partial charge on any atom is -0.486 e. The SMILES string of the molecule is CN1CCN(c2ncc(Cl)c(Nc3ccc4c(c3)c3c(c(=O)n4C)OCCC(C4CC4)N3)n2)CC1=O. The van der Waals surface area contributed by atoms with Gasteiger partial charge in [-0.1, -0.05) is 11.6 Å². The first kappa shape index (κ1) is 22.9. The molecule has 11 heteroatoms. The minimum atomic E-state index is -0.146. The number of aryl methyl sites for hydroxylation is 1. The van der Waals surface area contributed by atoms with Crippen molar-refractivity contribution in [3.05, 3.63) is 39.8 Å². The van der Waals surface area contributed by atoms with Crippen LogP contribution < -0.4 is 25.8 Å². The number of benzene rings is 1. The Labute approximate surface area is 213 Å². The lowest BCUT2D eigenvalue weighted by molar-refractivity contribution is -0.129. The molecule has 188 valence electrons. The zero-order chi connectivity index (χ0) is 25.0. The largest absolute Gasteiger partial charge is 0.486 e. The number of anilines is 4. The van der Waals surface area contributed by atoms with E-state index in [9.17, 15) is 9.59 Å². The third-order valence-corrected chi connectivity index (χ3v) is 7.56. The molecule has 0 radical (unpaired) electrons. The summed E-state index contributed by atoms with van der Waals surface area (Å²) in [6.45, 7) is 2.00. The van der Waals surface area contributed by atoms with E-state index in [4.69, 9.17) is 16.3 Å². The van der Waals surface area contributed by atoms with E-state index in [-0.39, 0.29) is 18.0 Å². The van der Waals surface area contributed by atoms with Crippen LogP contribution in [0.4, 0.5) is 23.1 Å². The zero-order valence-corrected chi connectivity index (χ0v) is 21.0. The van der Waals surface area contributed by atoms with E-state index < -0.39 is 0 Å². The standard InChI is InChI=1S/C25H28ClN7O3/c1-31-8-9-33(13-20(31)34)25-27-12-17(26)23(30-25)28-15-5-6-19-16(11-15)21-22(24(35)32(19)2)36-10-7-18(29-21)14-3-4-14/h5-6,11-12,14,18,29H,3-4,7-10,13H2,1-2H3,(H,27,28,30). The van der Waals surface area contributed by atoms with Crippen LogP contribution in [0.25, 0.3) is 10.9 Å². The minimum absolute atomic E-state index is 0.0226. The van der Waals surface area contributed by atoms with Gasteiger partial charge in [0.15, 0.2) is 5.82 Å². The Morgan fingerprint density at radius 3 is 2.78 bits per heavy atom. The van der Waals surface area contributed by atoms with Gasteiger partial charge in [-0.15, -0.1) is 0 Å². The fourth-order valence-corrected chi connectivity index (χ4v) is 5.07. The molecule has 2 aliphatic heterocycles. The van der Waals surface area contributed by atoms with Crippen LogP contribution >= 0.6 is 11.6 Å². The summed E-state index contributed by atoms with van der Waals surface area (Å²) in [7, 11) is 3.55. The van der Waals surface area contributed by atoms with E-state index in [1.54, 1.807) is 29.8 Å². The number of hydrogen-bond acceptors (Lipinski definition) is 8. The van der Waals surface area contributed by atoms with Gasteiger partial charge in [0.25, 0.3) is 5.56 Å². The summed E-state index contributed by atoms with van der Waals surface area (Å²) in [5, 5.41) is 8.20. The van der Waals surface area contributed by atoms with Crippen molar-refractivity contribution in [3.63, 3.8) is 0 Å². The second-order valence-electron chi connectivity index (χ2n) is 9.75. The van der Waals surface area contributed by atoms with Crippen molar-refractivity contribution >= 4 is 51.6 Å². The average Bonchev–Trinajstić information content (AvgIpc) is 3.72. The Morgan fingerprint density at radius 1 is 1.17 bits per heavy atom. The van der Waals surface area contributed by atoms with Crippen LogP contribution in [0, 0.1) is 5.92 Å². The number of amides is 1. The van der Waals surface area contributed by atoms with E-state index in [2.05, 4.69) is 20.6 Å². The van der Waals surface area contributed by atoms with Crippen molar-refractivity contribution < 1.29 is 9.53 Å². The van der Waals surface area contributed by atoms with Gasteiger partial charge in [0.1, 0.15) is 5.02 Å². The summed E-state index contributed by atoms with van der Waals surface area (Å²) >= 11 is 6.44. The van der Waals surface area contributed by atoms with E-state index in [0.29, 0.717) is 54.2 Å². The smallest absolute Gasteiger partial charge is 0.295 e. The molecule has 1 amide bonds. The molecule has 1 unspecified atom stereocenters. The Kier molecular flexibility index (Phi) is 5.63. The maximum atomic E-state index is 13.0. The predicted octanol–water partition coefficient (Wildman–Crippen LogP) is 2.98. The zero-order valence-electron chi connectivity index (χ0n) is 20.3. The quantitative estimate of drug-likeness (QED) is 0.553. The first-order valence-corrected chi connectivity index (χ1v) is 12.6. The molecular weight excluding hydrogens is 482 g/mol. The van der Waals surface area contributed by atoms with Crippen molar-refractivity contribution in [1.29, 1.82) is 0 Å². The van der Waals surface area contributed by atoms with Gasteiger partial charge in [0, 0.05) is 50.7 Å². The molecule has 0 bridgehead atoms. The fourth-order valence-electron chi connectivity index (χ4n) is 4.94. The molecular formula is C25H28ClN7O3. The molecule has 2 fully saturated rings. The molecule has 4 heterocycles. The Balaban J connectivity index is 1.36. The number of fused-ring (bicyclic) bond motifs is 3. The molecule has 10 nitrogen and oxygen atoms in total. The second-order valence-corrected chi connectivity index (χ2v) is 10.2. The third-order valence-electron chi connectivity index (χ3n) is 7.28. The Hall–Kier alpha value is -3.53. The number of hydrogen-bond donors (Lipinski definition) is 2. The number of rotatable bonds is 4. The van der Waals surface area contributed by atoms with Crippen molar-refractivity contribution in [1.82, 2.24) is 19.4 Å². The third kappa shape index (κ3) is 4.09. The van der Waals surface area contributed by atoms with Crippen LogP contribution in [0.1, 0.15) is 19.3 Å². The number of carbonyl (C=O) groups is 1. The van der Waals surface area contributed by atoms with Crippen LogP contribution in [0.3, 0.4) is 0 Å². The van der Waals surface area contributed by atoms with Crippen LogP contribution in [-0.4, -0.2) is 64.7 Å². The lowest BCUT2D eigenvalue weighted by Crippen LogP contribution is -2.49. The molecule has 1 saturated heterocycles. The fraction of sp³-hybridized carbons (Fsp3) is 0.440. The highest BCUT2D eigenvalue weighted by molar-refractivity contribution is 6.33. The molecule has 0 spiro atoms. The number of ether oxygens (including phenoxy) is 1. The summed E-state index contributed by atoms with van der Waals surface area (Å²) in [6.07, 6.45) is 4.82. The van der Waals surface area contributed by atoms with Gasteiger partial charge in [-0.3, -0.25) is 9.59 Å². The molecule has 2 N–H and O–H groups in total. The summed E-state index contributed by atoms with van der Waals surface area (Å²) in [5.74, 6) is 1.91. The molecule has 3 aromatic rings. The highest BCUT2D eigenvalue weighted by Crippen LogP contribution is 2.41. The van der Waals surface area contributed by atoms with E-state index in [1.807, 2.05) is 23.1 Å². The highest BCUT2D eigenvalue weighted by Gasteiger charge is 2.34. The second kappa shape index (κ2) is 8.85. The molecule has 6 rings (SSSR count). The average molecular weight is 510 g/mol. The summed E-state index contributed by atoms with van der Waals surface area (Å²) in [5.41, 5.74) is 2.17. The Bertz CT molecular complexity index is 1420. The van der Waals surface area contributed by atoms with Crippen LogP contribution in [0.15, 0.2) is 29.2 Å². The molecule has 1 atom stereocenters.